The number of thiophene rings is 2. The van der Waals surface area contributed by atoms with Crippen LogP contribution in [0.5, 0.6) is 0 Å². The molecular weight excluding hydrogens is 436 g/mol. The molecule has 0 unspecified atom stereocenters. The van der Waals surface area contributed by atoms with Crippen molar-refractivity contribution >= 4 is 46.2 Å². The summed E-state index contributed by atoms with van der Waals surface area (Å²) >= 11 is 2.96. The van der Waals surface area contributed by atoms with Crippen LogP contribution < -0.4 is 0 Å². The Morgan fingerprint density at radius 2 is 1.35 bits per heavy atom. The summed E-state index contributed by atoms with van der Waals surface area (Å²) in [4.78, 5) is 48.7. The van der Waals surface area contributed by atoms with Gasteiger partial charge in [0.05, 0.1) is 4.88 Å². The van der Waals surface area contributed by atoms with Gasteiger partial charge < -0.3 is 10.2 Å². The van der Waals surface area contributed by atoms with Crippen LogP contribution in [0.2, 0.25) is 0 Å². The number of aliphatic carboxylic acids is 2. The predicted molar refractivity (Wildman–Crippen MR) is 122 cm³/mol. The number of hydrogen-bond donors (Lipinski definition) is 2. The number of carbonyl (C=O) groups is 4. The first-order chi connectivity index (χ1) is 14.6. The number of ketones is 2. The van der Waals surface area contributed by atoms with Crippen molar-refractivity contribution in [3.8, 4) is 0 Å². The van der Waals surface area contributed by atoms with Crippen LogP contribution in [0.25, 0.3) is 0 Å². The summed E-state index contributed by atoms with van der Waals surface area (Å²) in [6, 6.07) is 5.67. The Hall–Kier alpha value is -2.32. The third kappa shape index (κ3) is 7.40. The highest BCUT2D eigenvalue weighted by Crippen LogP contribution is 2.39. The maximum atomic E-state index is 12.4. The normalized spacial score (nSPS) is 11.4. The topological polar surface area (TPSA) is 109 Å². The van der Waals surface area contributed by atoms with Crippen LogP contribution >= 0.6 is 22.7 Å². The van der Waals surface area contributed by atoms with E-state index in [4.69, 9.17) is 10.2 Å². The van der Waals surface area contributed by atoms with Gasteiger partial charge in [0.1, 0.15) is 0 Å². The molecule has 0 aromatic carbocycles. The molecule has 0 spiro atoms. The minimum Gasteiger partial charge on any atom is -0.481 e. The zero-order valence-electron chi connectivity index (χ0n) is 17.8. The quantitative estimate of drug-likeness (QED) is 0.270. The van der Waals surface area contributed by atoms with Crippen LogP contribution in [0.1, 0.15) is 95.0 Å². The Labute approximate surface area is 189 Å². The van der Waals surface area contributed by atoms with E-state index < -0.39 is 11.9 Å². The summed E-state index contributed by atoms with van der Waals surface area (Å²) in [5.41, 5.74) is 0.300. The van der Waals surface area contributed by atoms with Crippen molar-refractivity contribution in [2.24, 2.45) is 0 Å². The standard InChI is InChI=1S/C23H28O6S2/c1-23(2,19-12-11-18(31-19)17(25)8-4-6-10-22(28)29)20-13-15(14-30-20)16(24)7-3-5-9-21(26)27/h11-14H,3-10H2,1-2H3,(H,26,27)(H,28,29). The van der Waals surface area contributed by atoms with Gasteiger partial charge >= 0.3 is 11.9 Å². The third-order valence-corrected chi connectivity index (χ3v) is 7.83. The van der Waals surface area contributed by atoms with Crippen molar-refractivity contribution in [3.63, 3.8) is 0 Å². The van der Waals surface area contributed by atoms with E-state index in [0.29, 0.717) is 49.0 Å². The van der Waals surface area contributed by atoms with Gasteiger partial charge in [-0.3, -0.25) is 19.2 Å². The Bertz CT molecular complexity index is 863. The van der Waals surface area contributed by atoms with Gasteiger partial charge in [0, 0.05) is 51.8 Å². The lowest BCUT2D eigenvalue weighted by Gasteiger charge is -2.21. The second-order valence-corrected chi connectivity index (χ2v) is 10.0. The lowest BCUT2D eigenvalue weighted by Crippen LogP contribution is -2.15. The zero-order valence-corrected chi connectivity index (χ0v) is 19.4. The number of carboxylic acids is 2. The number of unbranched alkanes of at least 4 members (excludes halogenated alkanes) is 2. The number of Topliss-reactive ketones (excluding diaryl/α,β-unsaturated/α-hetero) is 2. The van der Waals surface area contributed by atoms with E-state index in [9.17, 15) is 19.2 Å². The van der Waals surface area contributed by atoms with Gasteiger partial charge in [-0.05, 0) is 43.9 Å². The average molecular weight is 465 g/mol. The van der Waals surface area contributed by atoms with Crippen molar-refractivity contribution in [2.45, 2.75) is 70.6 Å². The van der Waals surface area contributed by atoms with Crippen LogP contribution in [-0.4, -0.2) is 33.7 Å². The van der Waals surface area contributed by atoms with Gasteiger partial charge in [-0.25, -0.2) is 0 Å². The van der Waals surface area contributed by atoms with E-state index in [2.05, 4.69) is 13.8 Å². The van der Waals surface area contributed by atoms with Crippen LogP contribution in [0.4, 0.5) is 0 Å². The first-order valence-corrected chi connectivity index (χ1v) is 12.0. The molecule has 2 heterocycles. The minimum absolute atomic E-state index is 0.0205. The SMILES string of the molecule is CC(C)(c1cc(C(=O)CCCCC(=O)O)cs1)c1ccc(C(=O)CCCCC(=O)O)s1. The number of carbonyl (C=O) groups excluding carboxylic acids is 2. The van der Waals surface area contributed by atoms with E-state index in [1.807, 2.05) is 23.6 Å². The fourth-order valence-corrected chi connectivity index (χ4v) is 5.35. The highest BCUT2D eigenvalue weighted by molar-refractivity contribution is 7.14. The molecule has 0 amide bonds. The highest BCUT2D eigenvalue weighted by Gasteiger charge is 2.28. The largest absolute Gasteiger partial charge is 0.481 e. The third-order valence-electron chi connectivity index (χ3n) is 5.12. The van der Waals surface area contributed by atoms with E-state index >= 15 is 0 Å². The van der Waals surface area contributed by atoms with E-state index in [1.165, 1.54) is 22.7 Å². The summed E-state index contributed by atoms with van der Waals surface area (Å²) in [6.45, 7) is 4.12. The Morgan fingerprint density at radius 1 is 0.806 bits per heavy atom. The summed E-state index contributed by atoms with van der Waals surface area (Å²) in [5, 5.41) is 19.2. The average Bonchev–Trinajstić information content (AvgIpc) is 3.38. The molecule has 0 aliphatic rings. The Morgan fingerprint density at radius 3 is 1.94 bits per heavy atom. The molecule has 0 radical (unpaired) electrons. The molecule has 0 fully saturated rings. The molecule has 2 rings (SSSR count). The fourth-order valence-electron chi connectivity index (χ4n) is 3.15. The van der Waals surface area contributed by atoms with Crippen molar-refractivity contribution in [1.82, 2.24) is 0 Å². The van der Waals surface area contributed by atoms with Crippen molar-refractivity contribution in [1.29, 1.82) is 0 Å². The van der Waals surface area contributed by atoms with Crippen molar-refractivity contribution < 1.29 is 29.4 Å². The van der Waals surface area contributed by atoms with E-state index in [0.717, 1.165) is 9.75 Å². The van der Waals surface area contributed by atoms with Crippen LogP contribution in [-0.2, 0) is 15.0 Å². The first-order valence-electron chi connectivity index (χ1n) is 10.3. The smallest absolute Gasteiger partial charge is 0.303 e. The molecule has 0 saturated carbocycles. The van der Waals surface area contributed by atoms with Crippen LogP contribution in [0.3, 0.4) is 0 Å². The monoisotopic (exact) mass is 464 g/mol. The summed E-state index contributed by atoms with van der Waals surface area (Å²) in [7, 11) is 0. The molecule has 2 aromatic rings. The molecule has 0 bridgehead atoms. The lowest BCUT2D eigenvalue weighted by molar-refractivity contribution is -0.138. The van der Waals surface area contributed by atoms with Gasteiger partial charge in [-0.1, -0.05) is 13.8 Å². The minimum atomic E-state index is -0.846. The summed E-state index contributed by atoms with van der Waals surface area (Å²) in [6.07, 6.45) is 2.94. The van der Waals surface area contributed by atoms with Crippen molar-refractivity contribution in [2.75, 3.05) is 0 Å². The van der Waals surface area contributed by atoms with Gasteiger partial charge in [-0.2, -0.15) is 0 Å². The van der Waals surface area contributed by atoms with Crippen LogP contribution in [0.15, 0.2) is 23.6 Å². The predicted octanol–water partition coefficient (Wildman–Crippen LogP) is 5.79. The Kier molecular flexibility index (Phi) is 9.13. The molecule has 0 atom stereocenters. The van der Waals surface area contributed by atoms with E-state index in [1.54, 1.807) is 0 Å². The zero-order chi connectivity index (χ0) is 23.0. The highest BCUT2D eigenvalue weighted by atomic mass is 32.1. The molecular formula is C23H28O6S2. The van der Waals surface area contributed by atoms with E-state index in [-0.39, 0.29) is 29.8 Å². The molecule has 8 heteroatoms. The number of carboxylic acid groups (broad SMARTS) is 2. The summed E-state index contributed by atoms with van der Waals surface area (Å²) in [5.74, 6) is -1.64. The molecule has 31 heavy (non-hydrogen) atoms. The maximum Gasteiger partial charge on any atom is 0.303 e. The second kappa shape index (κ2) is 11.3. The number of hydrogen-bond acceptors (Lipinski definition) is 6. The van der Waals surface area contributed by atoms with Crippen LogP contribution in [0, 0.1) is 0 Å². The maximum absolute atomic E-state index is 12.4. The Balaban J connectivity index is 1.98. The number of rotatable bonds is 14. The molecule has 0 aliphatic carbocycles. The van der Waals surface area contributed by atoms with Crippen molar-refractivity contribution in [3.05, 3.63) is 43.8 Å². The lowest BCUT2D eigenvalue weighted by atomic mass is 9.89. The van der Waals surface area contributed by atoms with Gasteiger partial charge in [0.25, 0.3) is 0 Å². The molecule has 0 saturated heterocycles. The second-order valence-electron chi connectivity index (χ2n) is 8.04. The summed E-state index contributed by atoms with van der Waals surface area (Å²) < 4.78 is 0. The fraction of sp³-hybridized carbons (Fsp3) is 0.478. The molecule has 2 N–H and O–H groups in total. The molecule has 2 aromatic heterocycles. The van der Waals surface area contributed by atoms with Gasteiger partial charge in [-0.15, -0.1) is 22.7 Å². The van der Waals surface area contributed by atoms with Gasteiger partial charge in [0.15, 0.2) is 11.6 Å². The van der Waals surface area contributed by atoms with Gasteiger partial charge in [0.2, 0.25) is 0 Å². The molecule has 0 aliphatic heterocycles. The first kappa shape index (κ1) is 24.9. The molecule has 6 nitrogen and oxygen atoms in total. The molecule has 168 valence electrons.